The second-order valence-electron chi connectivity index (χ2n) is 18.4. The minimum atomic E-state index is 1.09. The van der Waals surface area contributed by atoms with Crippen molar-refractivity contribution in [2.45, 2.75) is 12.8 Å². The van der Waals surface area contributed by atoms with E-state index in [4.69, 9.17) is 0 Å². The number of fused-ring (bicyclic) bond motifs is 11. The quantitative estimate of drug-likeness (QED) is 0.158. The summed E-state index contributed by atoms with van der Waals surface area (Å²) >= 11 is 0. The minimum absolute atomic E-state index is 1.09. The Morgan fingerprint density at radius 1 is 0.309 bits per heavy atom. The summed E-state index contributed by atoms with van der Waals surface area (Å²) in [5.41, 5.74) is 24.8. The molecule has 0 saturated heterocycles. The van der Waals surface area contributed by atoms with Gasteiger partial charge in [0.05, 0.1) is 27.8 Å². The molecule has 2 aromatic heterocycles. The van der Waals surface area contributed by atoms with Gasteiger partial charge in [-0.2, -0.15) is 0 Å². The molecule has 0 N–H and O–H groups in total. The molecule has 12 aromatic rings. The number of benzene rings is 10. The molecular weight excluding hydrogens is 821 g/mol. The largest absolute Gasteiger partial charge is 0.309 e. The Bertz CT molecular complexity index is 4040. The normalized spacial score (nSPS) is 12.9. The first-order chi connectivity index (χ1) is 33.7. The SMILES string of the molecule is C1=CCCC(c2cccc(-c3ccc(-n4c5ccccc5c5cc(-c6ccc(-c7ccc8c(c7)c7cccc9c7n8-c7ccc(-c8ccccc8)cc7-c7ccccc7-9)cc6)ccc54)cc3)c2)=C1. The van der Waals surface area contributed by atoms with Crippen LogP contribution in [0.25, 0.3) is 127 Å². The molecule has 318 valence electrons. The zero-order valence-corrected chi connectivity index (χ0v) is 37.4. The lowest BCUT2D eigenvalue weighted by atomic mass is 9.91. The fourth-order valence-corrected chi connectivity index (χ4v) is 11.3. The fraction of sp³-hybridized carbons (Fsp3) is 0.0303. The first-order valence-corrected chi connectivity index (χ1v) is 23.8. The number of para-hydroxylation sites is 2. The zero-order chi connectivity index (χ0) is 44.7. The lowest BCUT2D eigenvalue weighted by molar-refractivity contribution is 1.05. The van der Waals surface area contributed by atoms with Crippen LogP contribution in [0, 0.1) is 0 Å². The van der Waals surface area contributed by atoms with Gasteiger partial charge < -0.3 is 9.13 Å². The van der Waals surface area contributed by atoms with E-state index in [0.717, 1.165) is 18.5 Å². The van der Waals surface area contributed by atoms with Crippen molar-refractivity contribution in [2.75, 3.05) is 0 Å². The van der Waals surface area contributed by atoms with Gasteiger partial charge >= 0.3 is 0 Å². The average Bonchev–Trinajstić information content (AvgIpc) is 3.89. The Morgan fingerprint density at radius 2 is 0.824 bits per heavy atom. The Kier molecular flexibility index (Phi) is 8.75. The van der Waals surface area contributed by atoms with Crippen LogP contribution in [0.15, 0.2) is 243 Å². The molecule has 1 aliphatic heterocycles. The predicted octanol–water partition coefficient (Wildman–Crippen LogP) is 17.9. The first-order valence-electron chi connectivity index (χ1n) is 23.8. The van der Waals surface area contributed by atoms with E-state index in [1.165, 1.54) is 127 Å². The van der Waals surface area contributed by atoms with Gasteiger partial charge in [-0.25, -0.2) is 0 Å². The number of allylic oxidation sites excluding steroid dienone is 4. The maximum absolute atomic E-state index is 2.51. The summed E-state index contributed by atoms with van der Waals surface area (Å²) in [6.45, 7) is 0. The smallest absolute Gasteiger partial charge is 0.0619 e. The van der Waals surface area contributed by atoms with E-state index >= 15 is 0 Å². The lowest BCUT2D eigenvalue weighted by Crippen LogP contribution is -1.96. The van der Waals surface area contributed by atoms with Crippen molar-refractivity contribution in [3.8, 4) is 78.1 Å². The molecule has 14 rings (SSSR count). The second kappa shape index (κ2) is 15.4. The summed E-state index contributed by atoms with van der Waals surface area (Å²) in [5.74, 6) is 0. The summed E-state index contributed by atoms with van der Waals surface area (Å²) in [6.07, 6.45) is 8.88. The zero-order valence-electron chi connectivity index (χ0n) is 37.4. The van der Waals surface area contributed by atoms with Gasteiger partial charge in [0.15, 0.2) is 0 Å². The van der Waals surface area contributed by atoms with E-state index in [9.17, 15) is 0 Å². The van der Waals surface area contributed by atoms with Crippen molar-refractivity contribution in [1.29, 1.82) is 0 Å². The van der Waals surface area contributed by atoms with Gasteiger partial charge in [0.1, 0.15) is 0 Å². The summed E-state index contributed by atoms with van der Waals surface area (Å²) in [5, 5.41) is 5.04. The van der Waals surface area contributed by atoms with E-state index in [1.807, 2.05) is 0 Å². The third-order valence-corrected chi connectivity index (χ3v) is 14.6. The van der Waals surface area contributed by atoms with E-state index < -0.39 is 0 Å². The molecule has 0 bridgehead atoms. The maximum Gasteiger partial charge on any atom is 0.0619 e. The monoisotopic (exact) mass is 864 g/mol. The Balaban J connectivity index is 0.814. The Hall–Kier alpha value is -8.72. The third kappa shape index (κ3) is 6.11. The number of aromatic nitrogens is 2. The molecule has 2 nitrogen and oxygen atoms in total. The van der Waals surface area contributed by atoms with E-state index in [2.05, 4.69) is 252 Å². The molecule has 0 spiro atoms. The molecule has 0 radical (unpaired) electrons. The predicted molar refractivity (Wildman–Crippen MR) is 288 cm³/mol. The molecule has 0 unspecified atom stereocenters. The van der Waals surface area contributed by atoms with Crippen LogP contribution in [0.5, 0.6) is 0 Å². The first kappa shape index (κ1) is 38.5. The summed E-state index contributed by atoms with van der Waals surface area (Å²) in [6, 6.07) is 83.4. The lowest BCUT2D eigenvalue weighted by Gasteiger charge is -2.15. The van der Waals surface area contributed by atoms with Crippen LogP contribution >= 0.6 is 0 Å². The van der Waals surface area contributed by atoms with Crippen molar-refractivity contribution in [3.05, 3.63) is 248 Å². The fourth-order valence-electron chi connectivity index (χ4n) is 11.3. The highest BCUT2D eigenvalue weighted by Gasteiger charge is 2.25. The molecule has 10 aromatic carbocycles. The summed E-state index contributed by atoms with van der Waals surface area (Å²) in [4.78, 5) is 0. The number of hydrogen-bond donors (Lipinski definition) is 0. The molecule has 1 aliphatic carbocycles. The minimum Gasteiger partial charge on any atom is -0.309 e. The van der Waals surface area contributed by atoms with Gasteiger partial charge in [-0.05, 0) is 140 Å². The van der Waals surface area contributed by atoms with Crippen molar-refractivity contribution in [2.24, 2.45) is 0 Å². The molecule has 0 saturated carbocycles. The van der Waals surface area contributed by atoms with Crippen molar-refractivity contribution in [3.63, 3.8) is 0 Å². The highest BCUT2D eigenvalue weighted by atomic mass is 15.0. The molecule has 2 aliphatic rings. The molecule has 0 amide bonds. The molecule has 3 heterocycles. The van der Waals surface area contributed by atoms with Gasteiger partial charge in [-0.3, -0.25) is 0 Å². The van der Waals surface area contributed by atoms with Gasteiger partial charge in [-0.15, -0.1) is 0 Å². The number of nitrogens with zero attached hydrogens (tertiary/aromatic N) is 2. The van der Waals surface area contributed by atoms with Gasteiger partial charge in [0, 0.05) is 38.4 Å². The number of hydrogen-bond acceptors (Lipinski definition) is 0. The third-order valence-electron chi connectivity index (χ3n) is 14.6. The van der Waals surface area contributed by atoms with Crippen LogP contribution in [0.2, 0.25) is 0 Å². The van der Waals surface area contributed by atoms with E-state index in [0.29, 0.717) is 0 Å². The van der Waals surface area contributed by atoms with Crippen LogP contribution in [0.1, 0.15) is 18.4 Å². The van der Waals surface area contributed by atoms with Crippen LogP contribution in [-0.4, -0.2) is 9.13 Å². The molecule has 0 fully saturated rings. The second-order valence-corrected chi connectivity index (χ2v) is 18.4. The van der Waals surface area contributed by atoms with Crippen molar-refractivity contribution >= 4 is 49.2 Å². The molecule has 2 heteroatoms. The topological polar surface area (TPSA) is 9.86 Å². The van der Waals surface area contributed by atoms with Gasteiger partial charge in [0.25, 0.3) is 0 Å². The van der Waals surface area contributed by atoms with Crippen LogP contribution in [-0.2, 0) is 0 Å². The van der Waals surface area contributed by atoms with Gasteiger partial charge in [-0.1, -0.05) is 182 Å². The van der Waals surface area contributed by atoms with Crippen LogP contribution in [0.4, 0.5) is 0 Å². The van der Waals surface area contributed by atoms with Gasteiger partial charge in [0.2, 0.25) is 0 Å². The standard InChI is InChI=1S/C66H44N2/c1-3-13-43(14-4-1)48-17-11-18-49(39-48)47-29-34-53(35-30-47)67-62-24-10-9-21-56(62)60-41-51(31-36-63(60)67)45-25-27-46(28-26-45)52-33-38-65-61(42-52)58-23-12-22-57-54-19-7-8-20-55(54)59-40-50(44-15-5-2-6-16-44)32-37-64(59)68(65)66(57)58/h1-3,5-13,15-42H,4,14H2. The van der Waals surface area contributed by atoms with Crippen molar-refractivity contribution < 1.29 is 0 Å². The highest BCUT2D eigenvalue weighted by Crippen LogP contribution is 2.48. The number of rotatable bonds is 6. The maximum atomic E-state index is 2.51. The van der Waals surface area contributed by atoms with E-state index in [-0.39, 0.29) is 0 Å². The molecule has 68 heavy (non-hydrogen) atoms. The Morgan fingerprint density at radius 3 is 1.57 bits per heavy atom. The molecule has 0 atom stereocenters. The highest BCUT2D eigenvalue weighted by molar-refractivity contribution is 6.17. The van der Waals surface area contributed by atoms with Crippen LogP contribution in [0.3, 0.4) is 0 Å². The Labute approximate surface area is 395 Å². The molecular formula is C66H44N2. The average molecular weight is 865 g/mol. The van der Waals surface area contributed by atoms with Crippen LogP contribution < -0.4 is 0 Å². The van der Waals surface area contributed by atoms with Crippen molar-refractivity contribution in [1.82, 2.24) is 9.13 Å². The summed E-state index contributed by atoms with van der Waals surface area (Å²) in [7, 11) is 0. The summed E-state index contributed by atoms with van der Waals surface area (Å²) < 4.78 is 4.92. The van der Waals surface area contributed by atoms with E-state index in [1.54, 1.807) is 0 Å².